The molecule has 0 saturated carbocycles. The Kier molecular flexibility index (Phi) is 7.82. The van der Waals surface area contributed by atoms with Crippen LogP contribution in [0, 0.1) is 13.8 Å². The number of aryl methyl sites for hydroxylation is 2. The fraction of sp³-hybridized carbons (Fsp3) is 0.524. The second kappa shape index (κ2) is 10.5. The first kappa shape index (κ1) is 20.8. The van der Waals surface area contributed by atoms with E-state index in [1.807, 2.05) is 0 Å². The van der Waals surface area contributed by atoms with Gasteiger partial charge >= 0.3 is 0 Å². The molecule has 0 aliphatic carbocycles. The monoisotopic (exact) mass is 401 g/mol. The molecule has 1 saturated heterocycles. The van der Waals surface area contributed by atoms with Gasteiger partial charge in [-0.1, -0.05) is 24.3 Å². The van der Waals surface area contributed by atoms with Gasteiger partial charge in [0.1, 0.15) is 5.01 Å². The number of benzene rings is 1. The van der Waals surface area contributed by atoms with Crippen LogP contribution in [-0.2, 0) is 24.4 Å². The van der Waals surface area contributed by atoms with E-state index in [1.165, 1.54) is 16.0 Å². The van der Waals surface area contributed by atoms with Crippen molar-refractivity contribution in [2.45, 2.75) is 40.4 Å². The molecule has 7 heteroatoms. The van der Waals surface area contributed by atoms with Gasteiger partial charge in [-0.25, -0.2) is 9.98 Å². The molecule has 0 atom stereocenters. The third kappa shape index (κ3) is 6.29. The fourth-order valence-corrected chi connectivity index (χ4v) is 3.93. The number of guanidine groups is 1. The Hall–Kier alpha value is -1.96. The van der Waals surface area contributed by atoms with Gasteiger partial charge in [0.25, 0.3) is 0 Å². The lowest BCUT2D eigenvalue weighted by molar-refractivity contribution is 0.0342. The predicted octanol–water partition coefficient (Wildman–Crippen LogP) is 2.85. The van der Waals surface area contributed by atoms with E-state index in [-0.39, 0.29) is 0 Å². The molecule has 0 unspecified atom stereocenters. The summed E-state index contributed by atoms with van der Waals surface area (Å²) in [7, 11) is 0. The van der Waals surface area contributed by atoms with Crippen molar-refractivity contribution < 1.29 is 4.74 Å². The molecule has 2 aromatic rings. The van der Waals surface area contributed by atoms with Crippen molar-refractivity contribution in [3.05, 3.63) is 51.0 Å². The van der Waals surface area contributed by atoms with Crippen LogP contribution >= 0.6 is 11.3 Å². The summed E-state index contributed by atoms with van der Waals surface area (Å²) in [4.78, 5) is 13.0. The Morgan fingerprint density at radius 2 is 1.86 bits per heavy atom. The molecule has 28 heavy (non-hydrogen) atoms. The molecule has 0 amide bonds. The van der Waals surface area contributed by atoms with E-state index in [4.69, 9.17) is 9.73 Å². The summed E-state index contributed by atoms with van der Waals surface area (Å²) in [6.07, 6.45) is 0. The smallest absolute Gasteiger partial charge is 0.191 e. The number of aromatic nitrogens is 1. The number of ether oxygens (including phenoxy) is 1. The maximum atomic E-state index is 5.41. The molecular formula is C21H31N5OS. The van der Waals surface area contributed by atoms with Crippen LogP contribution in [0.15, 0.2) is 29.3 Å². The van der Waals surface area contributed by atoms with Gasteiger partial charge in [-0.05, 0) is 31.9 Å². The fourth-order valence-electron chi connectivity index (χ4n) is 3.05. The topological polar surface area (TPSA) is 61.8 Å². The van der Waals surface area contributed by atoms with Crippen LogP contribution in [0.25, 0.3) is 0 Å². The zero-order chi connectivity index (χ0) is 19.8. The first-order valence-electron chi connectivity index (χ1n) is 9.97. The zero-order valence-electron chi connectivity index (χ0n) is 17.1. The van der Waals surface area contributed by atoms with E-state index in [9.17, 15) is 0 Å². The third-order valence-corrected chi connectivity index (χ3v) is 5.85. The number of nitrogens with zero attached hydrogens (tertiary/aromatic N) is 3. The minimum absolute atomic E-state index is 0.656. The Bertz CT molecular complexity index is 746. The van der Waals surface area contributed by atoms with Gasteiger partial charge in [0.05, 0.1) is 32.0 Å². The van der Waals surface area contributed by atoms with Crippen molar-refractivity contribution >= 4 is 17.3 Å². The second-order valence-electron chi connectivity index (χ2n) is 7.00. The SMILES string of the molecule is CCNC(=NCc1ccc(CN2CCOCC2)cc1)NCc1nc(C)c(C)s1. The summed E-state index contributed by atoms with van der Waals surface area (Å²) in [6.45, 7) is 13.1. The van der Waals surface area contributed by atoms with Gasteiger partial charge in [0, 0.05) is 31.1 Å². The predicted molar refractivity (Wildman–Crippen MR) is 116 cm³/mol. The van der Waals surface area contributed by atoms with Gasteiger partial charge < -0.3 is 15.4 Å². The number of hydrogen-bond acceptors (Lipinski definition) is 5. The highest BCUT2D eigenvalue weighted by Crippen LogP contribution is 2.16. The molecule has 0 bridgehead atoms. The van der Waals surface area contributed by atoms with Crippen molar-refractivity contribution in [2.24, 2.45) is 4.99 Å². The molecule has 2 heterocycles. The Balaban J connectivity index is 1.52. The Morgan fingerprint density at radius 3 is 2.50 bits per heavy atom. The van der Waals surface area contributed by atoms with E-state index >= 15 is 0 Å². The Morgan fingerprint density at radius 1 is 1.14 bits per heavy atom. The summed E-state index contributed by atoms with van der Waals surface area (Å²) in [6, 6.07) is 8.77. The maximum Gasteiger partial charge on any atom is 0.191 e. The third-order valence-electron chi connectivity index (χ3n) is 4.78. The van der Waals surface area contributed by atoms with Gasteiger partial charge in [-0.2, -0.15) is 0 Å². The summed E-state index contributed by atoms with van der Waals surface area (Å²) in [5.41, 5.74) is 3.67. The lowest BCUT2D eigenvalue weighted by Gasteiger charge is -2.26. The minimum atomic E-state index is 0.656. The number of aliphatic imine (C=N–C) groups is 1. The summed E-state index contributed by atoms with van der Waals surface area (Å²) >= 11 is 1.74. The van der Waals surface area contributed by atoms with E-state index < -0.39 is 0 Å². The van der Waals surface area contributed by atoms with Crippen LogP contribution < -0.4 is 10.6 Å². The number of rotatable bonds is 7. The molecule has 3 rings (SSSR count). The highest BCUT2D eigenvalue weighted by molar-refractivity contribution is 7.11. The van der Waals surface area contributed by atoms with E-state index in [0.29, 0.717) is 13.1 Å². The molecule has 152 valence electrons. The molecule has 1 aromatic carbocycles. The number of thiazole rings is 1. The minimum Gasteiger partial charge on any atom is -0.379 e. The summed E-state index contributed by atoms with van der Waals surface area (Å²) < 4.78 is 5.41. The van der Waals surface area contributed by atoms with Gasteiger partial charge in [-0.15, -0.1) is 11.3 Å². The largest absolute Gasteiger partial charge is 0.379 e. The molecule has 1 aromatic heterocycles. The van der Waals surface area contributed by atoms with Crippen LogP contribution in [-0.4, -0.2) is 48.7 Å². The molecule has 2 N–H and O–H groups in total. The van der Waals surface area contributed by atoms with Crippen molar-refractivity contribution in [2.75, 3.05) is 32.8 Å². The molecule has 6 nitrogen and oxygen atoms in total. The Labute approximate surface area is 172 Å². The van der Waals surface area contributed by atoms with Crippen molar-refractivity contribution in [1.82, 2.24) is 20.5 Å². The molecule has 1 fully saturated rings. The molecule has 1 aliphatic heterocycles. The average Bonchev–Trinajstić information content (AvgIpc) is 3.03. The number of hydrogen-bond donors (Lipinski definition) is 2. The zero-order valence-corrected chi connectivity index (χ0v) is 17.9. The van der Waals surface area contributed by atoms with E-state index in [2.05, 4.69) is 65.6 Å². The highest BCUT2D eigenvalue weighted by Gasteiger charge is 2.10. The van der Waals surface area contributed by atoms with Gasteiger partial charge in [-0.3, -0.25) is 4.90 Å². The summed E-state index contributed by atoms with van der Waals surface area (Å²) in [5, 5.41) is 7.78. The molecular weight excluding hydrogens is 370 g/mol. The highest BCUT2D eigenvalue weighted by atomic mass is 32.1. The lowest BCUT2D eigenvalue weighted by Crippen LogP contribution is -2.36. The molecule has 0 radical (unpaired) electrons. The van der Waals surface area contributed by atoms with Crippen LogP contribution in [0.5, 0.6) is 0 Å². The van der Waals surface area contributed by atoms with E-state index in [1.54, 1.807) is 11.3 Å². The number of morpholine rings is 1. The van der Waals surface area contributed by atoms with Crippen molar-refractivity contribution in [3.8, 4) is 0 Å². The van der Waals surface area contributed by atoms with Crippen molar-refractivity contribution in [1.29, 1.82) is 0 Å². The molecule has 0 spiro atoms. The molecule has 1 aliphatic rings. The normalized spacial score (nSPS) is 15.6. The summed E-state index contributed by atoms with van der Waals surface area (Å²) in [5.74, 6) is 0.824. The van der Waals surface area contributed by atoms with Gasteiger partial charge in [0.2, 0.25) is 0 Å². The van der Waals surface area contributed by atoms with Crippen LogP contribution in [0.1, 0.15) is 33.6 Å². The van der Waals surface area contributed by atoms with Crippen LogP contribution in [0.4, 0.5) is 0 Å². The number of nitrogens with one attached hydrogen (secondary N) is 2. The second-order valence-corrected chi connectivity index (χ2v) is 8.29. The van der Waals surface area contributed by atoms with Gasteiger partial charge in [0.15, 0.2) is 5.96 Å². The lowest BCUT2D eigenvalue weighted by atomic mass is 10.1. The van der Waals surface area contributed by atoms with Crippen LogP contribution in [0.3, 0.4) is 0 Å². The maximum absolute atomic E-state index is 5.41. The quantitative estimate of drug-likeness (QED) is 0.552. The first-order chi connectivity index (χ1) is 13.6. The first-order valence-corrected chi connectivity index (χ1v) is 10.8. The van der Waals surface area contributed by atoms with E-state index in [0.717, 1.165) is 56.1 Å². The van der Waals surface area contributed by atoms with Crippen LogP contribution in [0.2, 0.25) is 0 Å². The van der Waals surface area contributed by atoms with Crippen molar-refractivity contribution in [3.63, 3.8) is 0 Å². The average molecular weight is 402 g/mol. The standard InChI is InChI=1S/C21H31N5OS/c1-4-22-21(24-14-20-25-16(2)17(3)28-20)23-13-18-5-7-19(8-6-18)15-26-9-11-27-12-10-26/h5-8H,4,9-15H2,1-3H3,(H2,22,23,24).